The molecule has 0 unspecified atom stereocenters. The van der Waals surface area contributed by atoms with Crippen LogP contribution in [0.25, 0.3) is 0 Å². The third-order valence-electron chi connectivity index (χ3n) is 1.85. The van der Waals surface area contributed by atoms with E-state index in [4.69, 9.17) is 0 Å². The van der Waals surface area contributed by atoms with Crippen molar-refractivity contribution in [2.24, 2.45) is 5.92 Å². The first kappa shape index (κ1) is 6.59. The second kappa shape index (κ2) is 2.50. The van der Waals surface area contributed by atoms with Crippen LogP contribution in [0.2, 0.25) is 0 Å². The molecule has 0 amide bonds. The molecule has 0 spiro atoms. The van der Waals surface area contributed by atoms with Crippen molar-refractivity contribution in [1.29, 1.82) is 0 Å². The van der Waals surface area contributed by atoms with Crippen LogP contribution >= 0.6 is 0 Å². The largest absolute Gasteiger partial charge is 0.207 e. The van der Waals surface area contributed by atoms with E-state index in [-0.39, 0.29) is 5.82 Å². The summed E-state index contributed by atoms with van der Waals surface area (Å²) in [6.45, 7) is 0. The lowest BCUT2D eigenvalue weighted by Gasteiger charge is -1.97. The Hall–Kier alpha value is -1.11. The van der Waals surface area contributed by atoms with Crippen molar-refractivity contribution in [3.63, 3.8) is 0 Å². The van der Waals surface area contributed by atoms with Gasteiger partial charge in [0, 0.05) is 0 Å². The molecule has 1 heteroatoms. The molecule has 0 N–H and O–H groups in total. The van der Waals surface area contributed by atoms with Gasteiger partial charge in [0.1, 0.15) is 5.82 Å². The molecule has 0 aliphatic heterocycles. The molecule has 0 bridgehead atoms. The fourth-order valence-corrected chi connectivity index (χ4v) is 1.11. The van der Waals surface area contributed by atoms with E-state index < -0.39 is 0 Å². The molecule has 11 heavy (non-hydrogen) atoms. The van der Waals surface area contributed by atoms with Crippen molar-refractivity contribution in [3.8, 4) is 0 Å². The van der Waals surface area contributed by atoms with Crippen molar-refractivity contribution >= 4 is 0 Å². The molecule has 0 nitrogen and oxygen atoms in total. The fourth-order valence-electron chi connectivity index (χ4n) is 1.11. The summed E-state index contributed by atoms with van der Waals surface area (Å²) in [6.07, 6.45) is 5.34. The van der Waals surface area contributed by atoms with E-state index in [1.54, 1.807) is 0 Å². The van der Waals surface area contributed by atoms with Crippen LogP contribution in [0.5, 0.6) is 0 Å². The maximum Gasteiger partial charge on any atom is 0.123 e. The maximum absolute atomic E-state index is 12.4. The van der Waals surface area contributed by atoms with Gasteiger partial charge in [-0.1, -0.05) is 24.3 Å². The number of hydrogen-bond acceptors (Lipinski definition) is 0. The molecule has 0 heterocycles. The topological polar surface area (TPSA) is 0 Å². The van der Waals surface area contributed by atoms with Crippen molar-refractivity contribution < 1.29 is 4.39 Å². The van der Waals surface area contributed by atoms with Crippen LogP contribution < -0.4 is 0 Å². The summed E-state index contributed by atoms with van der Waals surface area (Å²) in [6, 6.07) is 6.71. The first-order valence-corrected chi connectivity index (χ1v) is 3.77. The molecule has 0 saturated carbocycles. The van der Waals surface area contributed by atoms with Gasteiger partial charge in [-0.3, -0.25) is 0 Å². The number of benzene rings is 1. The minimum atomic E-state index is -0.155. The van der Waals surface area contributed by atoms with Crippen molar-refractivity contribution in [2.45, 2.75) is 6.42 Å². The SMILES string of the molecule is Fc1ccc(CC2C=C2)cc1. The summed E-state index contributed by atoms with van der Waals surface area (Å²) < 4.78 is 12.4. The predicted molar refractivity (Wildman–Crippen MR) is 42.7 cm³/mol. The van der Waals surface area contributed by atoms with Crippen LogP contribution in [-0.4, -0.2) is 0 Å². The van der Waals surface area contributed by atoms with Crippen molar-refractivity contribution in [1.82, 2.24) is 0 Å². The average molecular weight is 148 g/mol. The fraction of sp³-hybridized carbons (Fsp3) is 0.200. The van der Waals surface area contributed by atoms with Crippen molar-refractivity contribution in [2.75, 3.05) is 0 Å². The van der Waals surface area contributed by atoms with E-state index in [0.29, 0.717) is 5.92 Å². The highest BCUT2D eigenvalue weighted by atomic mass is 19.1. The zero-order valence-electron chi connectivity index (χ0n) is 6.13. The molecule has 2 rings (SSSR count). The third-order valence-corrected chi connectivity index (χ3v) is 1.85. The zero-order valence-corrected chi connectivity index (χ0v) is 6.13. The summed E-state index contributed by atoms with van der Waals surface area (Å²) in [4.78, 5) is 0. The van der Waals surface area contributed by atoms with E-state index in [9.17, 15) is 4.39 Å². The Morgan fingerprint density at radius 2 is 1.73 bits per heavy atom. The molecule has 1 aliphatic rings. The molecule has 1 aromatic carbocycles. The highest BCUT2D eigenvalue weighted by Gasteiger charge is 2.10. The van der Waals surface area contributed by atoms with Crippen LogP contribution in [0.1, 0.15) is 5.56 Å². The van der Waals surface area contributed by atoms with E-state index in [0.717, 1.165) is 6.42 Å². The molecule has 1 aromatic rings. The Morgan fingerprint density at radius 3 is 2.27 bits per heavy atom. The van der Waals surface area contributed by atoms with Gasteiger partial charge in [-0.05, 0) is 30.0 Å². The minimum Gasteiger partial charge on any atom is -0.207 e. The minimum absolute atomic E-state index is 0.155. The molecule has 0 atom stereocenters. The van der Waals surface area contributed by atoms with Crippen molar-refractivity contribution in [3.05, 3.63) is 47.8 Å². The van der Waals surface area contributed by atoms with Crippen LogP contribution in [0.3, 0.4) is 0 Å². The summed E-state index contributed by atoms with van der Waals surface area (Å²) in [5.41, 5.74) is 1.21. The van der Waals surface area contributed by atoms with Crippen LogP contribution in [-0.2, 0) is 6.42 Å². The summed E-state index contributed by atoms with van der Waals surface area (Å²) in [5.74, 6) is 0.484. The molecular weight excluding hydrogens is 139 g/mol. The lowest BCUT2D eigenvalue weighted by Crippen LogP contribution is -1.87. The summed E-state index contributed by atoms with van der Waals surface area (Å²) in [7, 11) is 0. The average Bonchev–Trinajstić information content (AvgIpc) is 2.78. The third kappa shape index (κ3) is 1.67. The number of hydrogen-bond donors (Lipinski definition) is 0. The van der Waals surface area contributed by atoms with E-state index in [1.807, 2.05) is 12.1 Å². The molecule has 0 aromatic heterocycles. The van der Waals surface area contributed by atoms with Gasteiger partial charge < -0.3 is 0 Å². The smallest absolute Gasteiger partial charge is 0.123 e. The quantitative estimate of drug-likeness (QED) is 0.565. The van der Waals surface area contributed by atoms with Gasteiger partial charge >= 0.3 is 0 Å². The normalized spacial score (nSPS) is 15.4. The summed E-state index contributed by atoms with van der Waals surface area (Å²) >= 11 is 0. The van der Waals surface area contributed by atoms with Gasteiger partial charge in [0.2, 0.25) is 0 Å². The highest BCUT2D eigenvalue weighted by molar-refractivity contribution is 5.23. The van der Waals surface area contributed by atoms with E-state index >= 15 is 0 Å². The van der Waals surface area contributed by atoms with Crippen LogP contribution in [0, 0.1) is 11.7 Å². The van der Waals surface area contributed by atoms with Gasteiger partial charge in [-0.2, -0.15) is 0 Å². The lowest BCUT2D eigenvalue weighted by molar-refractivity contribution is 0.626. The van der Waals surface area contributed by atoms with Gasteiger partial charge in [0.15, 0.2) is 0 Å². The highest BCUT2D eigenvalue weighted by Crippen LogP contribution is 2.21. The number of allylic oxidation sites excluding steroid dienone is 2. The molecule has 0 radical (unpaired) electrons. The monoisotopic (exact) mass is 148 g/mol. The Bertz CT molecular complexity index is 265. The zero-order chi connectivity index (χ0) is 7.68. The molecule has 1 aliphatic carbocycles. The lowest BCUT2D eigenvalue weighted by atomic mass is 10.1. The van der Waals surface area contributed by atoms with Gasteiger partial charge in [0.25, 0.3) is 0 Å². The first-order valence-electron chi connectivity index (χ1n) is 3.77. The molecule has 56 valence electrons. The maximum atomic E-state index is 12.4. The van der Waals surface area contributed by atoms with Gasteiger partial charge in [0.05, 0.1) is 0 Å². The van der Waals surface area contributed by atoms with Crippen LogP contribution in [0.4, 0.5) is 4.39 Å². The Morgan fingerprint density at radius 1 is 1.09 bits per heavy atom. The molecule has 0 saturated heterocycles. The second-order valence-corrected chi connectivity index (χ2v) is 2.88. The Balaban J connectivity index is 2.06. The Labute approximate surface area is 65.4 Å². The van der Waals surface area contributed by atoms with E-state index in [2.05, 4.69) is 12.2 Å². The standard InChI is InChI=1S/C10H9F/c11-10-5-3-9(4-6-10)7-8-1-2-8/h1-6,8H,7H2. The summed E-state index contributed by atoms with van der Waals surface area (Å²) in [5, 5.41) is 0. The van der Waals surface area contributed by atoms with E-state index in [1.165, 1.54) is 17.7 Å². The predicted octanol–water partition coefficient (Wildman–Crippen LogP) is 2.55. The Kier molecular flexibility index (Phi) is 1.50. The van der Waals surface area contributed by atoms with Gasteiger partial charge in [-0.15, -0.1) is 0 Å². The molecular formula is C10H9F. The second-order valence-electron chi connectivity index (χ2n) is 2.88. The number of halogens is 1. The first-order chi connectivity index (χ1) is 5.34. The van der Waals surface area contributed by atoms with Gasteiger partial charge in [-0.25, -0.2) is 4.39 Å². The number of rotatable bonds is 2. The van der Waals surface area contributed by atoms with Crippen LogP contribution in [0.15, 0.2) is 36.4 Å². The molecule has 0 fully saturated rings.